The summed E-state index contributed by atoms with van der Waals surface area (Å²) in [6.07, 6.45) is 4.05. The number of nitrogens with one attached hydrogen (secondary N) is 1. The average molecular weight is 157 g/mol. The Bertz CT molecular complexity index is 110. The average Bonchev–Trinajstić information content (AvgIpc) is 1.97. The highest BCUT2D eigenvalue weighted by molar-refractivity contribution is 4.82. The van der Waals surface area contributed by atoms with E-state index in [2.05, 4.69) is 19.2 Å². The fourth-order valence-electron chi connectivity index (χ4n) is 0.848. The van der Waals surface area contributed by atoms with Crippen molar-refractivity contribution < 1.29 is 5.11 Å². The molecule has 66 valence electrons. The summed E-state index contributed by atoms with van der Waals surface area (Å²) in [5.74, 6) is 0.491. The van der Waals surface area contributed by atoms with Gasteiger partial charge in [-0.25, -0.2) is 0 Å². The Morgan fingerprint density at radius 2 is 2.09 bits per heavy atom. The third kappa shape index (κ3) is 4.99. The molecule has 0 bridgehead atoms. The molecule has 2 nitrogen and oxygen atoms in total. The highest BCUT2D eigenvalue weighted by Crippen LogP contribution is 1.99. The molecule has 0 aliphatic carbocycles. The van der Waals surface area contributed by atoms with Crippen molar-refractivity contribution in [2.24, 2.45) is 5.92 Å². The molecule has 2 N–H and O–H groups in total. The van der Waals surface area contributed by atoms with Crippen LogP contribution in [-0.2, 0) is 0 Å². The van der Waals surface area contributed by atoms with Crippen LogP contribution in [0, 0.1) is 5.92 Å². The van der Waals surface area contributed by atoms with Crippen LogP contribution < -0.4 is 5.32 Å². The van der Waals surface area contributed by atoms with E-state index < -0.39 is 0 Å². The number of aliphatic hydroxyl groups is 1. The van der Waals surface area contributed by atoms with Crippen LogP contribution >= 0.6 is 0 Å². The Morgan fingerprint density at radius 3 is 2.45 bits per heavy atom. The van der Waals surface area contributed by atoms with Gasteiger partial charge in [0.15, 0.2) is 0 Å². The normalized spacial score (nSPS) is 14.6. The molecule has 1 atom stereocenters. The van der Waals surface area contributed by atoms with Crippen LogP contribution in [0.2, 0.25) is 0 Å². The predicted octanol–water partition coefficient (Wildman–Crippen LogP) is 1.17. The minimum atomic E-state index is 0.217. The Labute approximate surface area is 69.3 Å². The zero-order valence-corrected chi connectivity index (χ0v) is 7.67. The van der Waals surface area contributed by atoms with Gasteiger partial charge in [-0.15, -0.1) is 0 Å². The molecule has 0 radical (unpaired) electrons. The third-order valence-corrected chi connectivity index (χ3v) is 1.74. The Kier molecular flexibility index (Phi) is 6.18. The van der Waals surface area contributed by atoms with E-state index in [9.17, 15) is 0 Å². The van der Waals surface area contributed by atoms with E-state index in [1.807, 2.05) is 19.1 Å². The molecular formula is C9H19NO. The van der Waals surface area contributed by atoms with E-state index in [-0.39, 0.29) is 12.6 Å². The maximum atomic E-state index is 8.91. The fourth-order valence-corrected chi connectivity index (χ4v) is 0.848. The summed E-state index contributed by atoms with van der Waals surface area (Å²) >= 11 is 0. The Hall–Kier alpha value is -0.340. The van der Waals surface area contributed by atoms with Gasteiger partial charge in [0, 0.05) is 12.6 Å². The molecule has 0 aromatic rings. The van der Waals surface area contributed by atoms with Gasteiger partial charge in [0.25, 0.3) is 0 Å². The number of hydrogen-bond acceptors (Lipinski definition) is 2. The summed E-state index contributed by atoms with van der Waals surface area (Å²) in [4.78, 5) is 0. The van der Waals surface area contributed by atoms with E-state index >= 15 is 0 Å². The number of hydrogen-bond donors (Lipinski definition) is 2. The second-order valence-corrected chi connectivity index (χ2v) is 3.01. The first-order valence-corrected chi connectivity index (χ1v) is 4.17. The monoisotopic (exact) mass is 157 g/mol. The van der Waals surface area contributed by atoms with Crippen molar-refractivity contribution in [3.63, 3.8) is 0 Å². The summed E-state index contributed by atoms with van der Waals surface area (Å²) in [5.41, 5.74) is 0. The highest BCUT2D eigenvalue weighted by Gasteiger charge is 2.08. The minimum absolute atomic E-state index is 0.217. The van der Waals surface area contributed by atoms with Gasteiger partial charge in [-0.05, 0) is 12.8 Å². The first-order valence-electron chi connectivity index (χ1n) is 4.17. The summed E-state index contributed by atoms with van der Waals surface area (Å²) < 4.78 is 0. The molecule has 0 rings (SSSR count). The van der Waals surface area contributed by atoms with Crippen LogP contribution in [0.3, 0.4) is 0 Å². The number of rotatable bonds is 5. The number of allylic oxidation sites excluding steroid dienone is 1. The van der Waals surface area contributed by atoms with Gasteiger partial charge in [-0.3, -0.25) is 0 Å². The van der Waals surface area contributed by atoms with Crippen molar-refractivity contribution >= 4 is 0 Å². The fraction of sp³-hybridized carbons (Fsp3) is 0.778. The smallest absolute Gasteiger partial charge is 0.0587 e. The summed E-state index contributed by atoms with van der Waals surface area (Å²) in [6.45, 7) is 7.26. The van der Waals surface area contributed by atoms with Crippen molar-refractivity contribution in [3.8, 4) is 0 Å². The molecule has 0 saturated heterocycles. The lowest BCUT2D eigenvalue weighted by Crippen LogP contribution is -2.36. The van der Waals surface area contributed by atoms with Crippen LogP contribution in [0.4, 0.5) is 0 Å². The SMILES string of the molecule is C/C=C/CNC(CO)C(C)C. The quantitative estimate of drug-likeness (QED) is 0.587. The standard InChI is InChI=1S/C9H19NO/c1-4-5-6-10-9(7-11)8(2)3/h4-5,8-11H,6-7H2,1-3H3/b5-4+. The lowest BCUT2D eigenvalue weighted by Gasteiger charge is -2.18. The van der Waals surface area contributed by atoms with Crippen molar-refractivity contribution in [1.29, 1.82) is 0 Å². The van der Waals surface area contributed by atoms with Crippen LogP contribution in [0.15, 0.2) is 12.2 Å². The molecule has 0 aromatic carbocycles. The van der Waals surface area contributed by atoms with Gasteiger partial charge in [-0.2, -0.15) is 0 Å². The zero-order chi connectivity index (χ0) is 8.69. The molecule has 0 aromatic heterocycles. The molecule has 0 saturated carbocycles. The third-order valence-electron chi connectivity index (χ3n) is 1.74. The maximum Gasteiger partial charge on any atom is 0.0587 e. The molecule has 0 aliphatic rings. The molecule has 1 unspecified atom stereocenters. The Morgan fingerprint density at radius 1 is 1.45 bits per heavy atom. The molecule has 0 aliphatic heterocycles. The van der Waals surface area contributed by atoms with Gasteiger partial charge >= 0.3 is 0 Å². The predicted molar refractivity (Wildman–Crippen MR) is 48.5 cm³/mol. The second-order valence-electron chi connectivity index (χ2n) is 3.01. The molecule has 0 fully saturated rings. The molecule has 0 amide bonds. The topological polar surface area (TPSA) is 32.3 Å². The van der Waals surface area contributed by atoms with Crippen molar-refractivity contribution in [2.45, 2.75) is 26.8 Å². The lowest BCUT2D eigenvalue weighted by atomic mass is 10.1. The Balaban J connectivity index is 3.52. The van der Waals surface area contributed by atoms with E-state index in [4.69, 9.17) is 5.11 Å². The van der Waals surface area contributed by atoms with E-state index in [1.165, 1.54) is 0 Å². The molecule has 11 heavy (non-hydrogen) atoms. The molecule has 0 heterocycles. The van der Waals surface area contributed by atoms with E-state index in [0.717, 1.165) is 6.54 Å². The van der Waals surface area contributed by atoms with Crippen molar-refractivity contribution in [3.05, 3.63) is 12.2 Å². The van der Waals surface area contributed by atoms with Crippen LogP contribution in [0.25, 0.3) is 0 Å². The van der Waals surface area contributed by atoms with Gasteiger partial charge in [0.05, 0.1) is 6.61 Å². The second kappa shape index (κ2) is 6.38. The summed E-state index contributed by atoms with van der Waals surface area (Å²) in [7, 11) is 0. The van der Waals surface area contributed by atoms with Crippen molar-refractivity contribution in [2.75, 3.05) is 13.2 Å². The zero-order valence-electron chi connectivity index (χ0n) is 7.67. The van der Waals surface area contributed by atoms with Gasteiger partial charge in [-0.1, -0.05) is 26.0 Å². The van der Waals surface area contributed by atoms with E-state index in [1.54, 1.807) is 0 Å². The molecule has 0 spiro atoms. The molecule has 2 heteroatoms. The minimum Gasteiger partial charge on any atom is -0.395 e. The summed E-state index contributed by atoms with van der Waals surface area (Å²) in [5, 5.41) is 12.1. The largest absolute Gasteiger partial charge is 0.395 e. The van der Waals surface area contributed by atoms with Gasteiger partial charge in [0.1, 0.15) is 0 Å². The summed E-state index contributed by atoms with van der Waals surface area (Å²) in [6, 6.07) is 0.228. The van der Waals surface area contributed by atoms with Crippen molar-refractivity contribution in [1.82, 2.24) is 5.32 Å². The first-order chi connectivity index (χ1) is 5.22. The van der Waals surface area contributed by atoms with Crippen LogP contribution in [-0.4, -0.2) is 24.3 Å². The van der Waals surface area contributed by atoms with Crippen LogP contribution in [0.1, 0.15) is 20.8 Å². The van der Waals surface area contributed by atoms with Gasteiger partial charge in [0.2, 0.25) is 0 Å². The van der Waals surface area contributed by atoms with Crippen LogP contribution in [0.5, 0.6) is 0 Å². The highest BCUT2D eigenvalue weighted by atomic mass is 16.3. The number of aliphatic hydroxyl groups excluding tert-OH is 1. The lowest BCUT2D eigenvalue weighted by molar-refractivity contribution is 0.215. The first kappa shape index (κ1) is 10.7. The molecular weight excluding hydrogens is 138 g/mol. The van der Waals surface area contributed by atoms with Gasteiger partial charge < -0.3 is 10.4 Å². The maximum absolute atomic E-state index is 8.91. The van der Waals surface area contributed by atoms with E-state index in [0.29, 0.717) is 5.92 Å².